The van der Waals surface area contributed by atoms with Gasteiger partial charge in [0, 0.05) is 23.9 Å². The topological polar surface area (TPSA) is 68.8 Å². The maximum atomic E-state index is 13.1. The molecule has 5 rings (SSSR count). The largest absolute Gasteiger partial charge is 0.431 e. The second-order valence-electron chi connectivity index (χ2n) is 7.76. The van der Waals surface area contributed by atoms with Crippen LogP contribution in [0.1, 0.15) is 35.7 Å². The highest BCUT2D eigenvalue weighted by molar-refractivity contribution is 5.69. The molecule has 0 amide bonds. The van der Waals surface area contributed by atoms with Crippen molar-refractivity contribution in [3.05, 3.63) is 47.7 Å². The number of fused-ring (bicyclic) bond motifs is 2. The third kappa shape index (κ3) is 3.39. The minimum absolute atomic E-state index is 0.0454. The number of aryl methyl sites for hydroxylation is 2. The molecule has 1 aliphatic rings. The maximum absolute atomic E-state index is 13.1. The van der Waals surface area contributed by atoms with E-state index in [0.717, 1.165) is 48.5 Å². The summed E-state index contributed by atoms with van der Waals surface area (Å²) < 4.78 is 34.6. The third-order valence-corrected chi connectivity index (χ3v) is 5.54. The third-order valence-electron chi connectivity index (χ3n) is 5.54. The van der Waals surface area contributed by atoms with Crippen LogP contribution < -0.4 is 10.1 Å². The standard InChI is InChI=1S/C21H22F2N6O/c1-12-7-16(27-29-9-13(2)25-19(12)29)15-8-18(30-21(22)23)20-26-17(11-28(20)10-15)14-3-5-24-6-4-14/h7-11,14,21,24H,3-6H2,1-2H3. The van der Waals surface area contributed by atoms with Gasteiger partial charge in [0.25, 0.3) is 0 Å². The molecule has 0 bridgehead atoms. The number of rotatable bonds is 4. The number of aromatic nitrogens is 5. The van der Waals surface area contributed by atoms with E-state index in [1.165, 1.54) is 0 Å². The molecular weight excluding hydrogens is 390 g/mol. The Balaban J connectivity index is 1.64. The molecule has 4 aromatic heterocycles. The summed E-state index contributed by atoms with van der Waals surface area (Å²) in [5.41, 5.74) is 5.20. The Morgan fingerprint density at radius 3 is 2.63 bits per heavy atom. The number of nitrogens with one attached hydrogen (secondary N) is 1. The number of imidazole rings is 2. The van der Waals surface area contributed by atoms with E-state index < -0.39 is 6.61 Å². The van der Waals surface area contributed by atoms with Gasteiger partial charge < -0.3 is 14.5 Å². The van der Waals surface area contributed by atoms with Crippen molar-refractivity contribution in [1.29, 1.82) is 0 Å². The number of nitrogens with zero attached hydrogens (tertiary/aromatic N) is 5. The van der Waals surface area contributed by atoms with Crippen LogP contribution in [-0.2, 0) is 0 Å². The fourth-order valence-corrected chi connectivity index (χ4v) is 4.11. The van der Waals surface area contributed by atoms with E-state index in [9.17, 15) is 8.78 Å². The van der Waals surface area contributed by atoms with Crippen molar-refractivity contribution >= 4 is 11.3 Å². The average Bonchev–Trinajstić information content (AvgIpc) is 3.31. The molecule has 4 aromatic rings. The number of pyridine rings is 1. The molecule has 1 saturated heterocycles. The lowest BCUT2D eigenvalue weighted by molar-refractivity contribution is -0.0491. The first-order valence-corrected chi connectivity index (χ1v) is 10.00. The maximum Gasteiger partial charge on any atom is 0.387 e. The zero-order valence-corrected chi connectivity index (χ0v) is 16.8. The second kappa shape index (κ2) is 7.32. The van der Waals surface area contributed by atoms with Crippen molar-refractivity contribution in [3.63, 3.8) is 0 Å². The minimum atomic E-state index is -2.93. The molecule has 30 heavy (non-hydrogen) atoms. The number of ether oxygens (including phenoxy) is 1. The lowest BCUT2D eigenvalue weighted by Crippen LogP contribution is -2.26. The van der Waals surface area contributed by atoms with Gasteiger partial charge >= 0.3 is 6.61 Å². The summed E-state index contributed by atoms with van der Waals surface area (Å²) in [6.45, 7) is 2.78. The Morgan fingerprint density at radius 1 is 1.07 bits per heavy atom. The Kier molecular flexibility index (Phi) is 4.62. The number of halogens is 2. The van der Waals surface area contributed by atoms with E-state index in [-0.39, 0.29) is 5.75 Å². The van der Waals surface area contributed by atoms with Crippen LogP contribution in [0.5, 0.6) is 5.75 Å². The van der Waals surface area contributed by atoms with Crippen LogP contribution in [0, 0.1) is 13.8 Å². The molecule has 156 valence electrons. The SMILES string of the molecule is Cc1cn2nc(-c3cc(OC(F)F)c4nc(C5CCNCC5)cn4c3)cc(C)c2n1. The second-order valence-corrected chi connectivity index (χ2v) is 7.76. The van der Waals surface area contributed by atoms with Crippen molar-refractivity contribution in [2.45, 2.75) is 39.2 Å². The van der Waals surface area contributed by atoms with Gasteiger partial charge in [-0.05, 0) is 57.5 Å². The molecule has 0 unspecified atom stereocenters. The first-order valence-electron chi connectivity index (χ1n) is 10.00. The monoisotopic (exact) mass is 412 g/mol. The molecule has 0 radical (unpaired) electrons. The van der Waals surface area contributed by atoms with Crippen LogP contribution in [0.25, 0.3) is 22.6 Å². The molecule has 0 aliphatic carbocycles. The van der Waals surface area contributed by atoms with Gasteiger partial charge in [-0.2, -0.15) is 13.9 Å². The highest BCUT2D eigenvalue weighted by atomic mass is 19.3. The molecule has 0 saturated carbocycles. The quantitative estimate of drug-likeness (QED) is 0.553. The number of hydrogen-bond donors (Lipinski definition) is 1. The van der Waals surface area contributed by atoms with Gasteiger partial charge in [0.1, 0.15) is 0 Å². The zero-order chi connectivity index (χ0) is 20.8. The summed E-state index contributed by atoms with van der Waals surface area (Å²) in [4.78, 5) is 9.10. The van der Waals surface area contributed by atoms with E-state index in [1.54, 1.807) is 15.0 Å². The van der Waals surface area contributed by atoms with Crippen LogP contribution in [0.2, 0.25) is 0 Å². The van der Waals surface area contributed by atoms with Gasteiger partial charge in [0.05, 0.1) is 23.3 Å². The van der Waals surface area contributed by atoms with Crippen molar-refractivity contribution in [2.75, 3.05) is 13.1 Å². The highest BCUT2D eigenvalue weighted by Gasteiger charge is 2.21. The van der Waals surface area contributed by atoms with Crippen molar-refractivity contribution < 1.29 is 13.5 Å². The van der Waals surface area contributed by atoms with Gasteiger partial charge in [-0.3, -0.25) is 0 Å². The Morgan fingerprint density at radius 2 is 1.87 bits per heavy atom. The summed E-state index contributed by atoms with van der Waals surface area (Å²) in [6.07, 6.45) is 7.56. The Hall–Kier alpha value is -3.07. The van der Waals surface area contributed by atoms with Crippen molar-refractivity contribution in [3.8, 4) is 17.0 Å². The number of hydrogen-bond acceptors (Lipinski definition) is 5. The zero-order valence-electron chi connectivity index (χ0n) is 16.8. The first-order chi connectivity index (χ1) is 14.5. The molecule has 5 heterocycles. The number of alkyl halides is 2. The van der Waals surface area contributed by atoms with Crippen LogP contribution in [0.3, 0.4) is 0 Å². The van der Waals surface area contributed by atoms with Crippen LogP contribution >= 0.6 is 0 Å². The summed E-state index contributed by atoms with van der Waals surface area (Å²) in [7, 11) is 0. The molecule has 0 atom stereocenters. The normalized spacial score (nSPS) is 15.5. The first kappa shape index (κ1) is 18.9. The molecule has 0 aromatic carbocycles. The summed E-state index contributed by atoms with van der Waals surface area (Å²) in [5, 5.41) is 7.95. The van der Waals surface area contributed by atoms with Gasteiger partial charge in [-0.25, -0.2) is 14.5 Å². The van der Waals surface area contributed by atoms with E-state index in [2.05, 4.69) is 20.4 Å². The van der Waals surface area contributed by atoms with Crippen molar-refractivity contribution in [1.82, 2.24) is 29.3 Å². The minimum Gasteiger partial charge on any atom is -0.431 e. The van der Waals surface area contributed by atoms with Crippen LogP contribution in [0.15, 0.2) is 30.7 Å². The Labute approximate surface area is 171 Å². The van der Waals surface area contributed by atoms with Crippen LogP contribution in [-0.4, -0.2) is 43.7 Å². The molecular formula is C21H22F2N6O. The molecule has 7 nitrogen and oxygen atoms in total. The van der Waals surface area contributed by atoms with Crippen LogP contribution in [0.4, 0.5) is 8.78 Å². The van der Waals surface area contributed by atoms with E-state index in [0.29, 0.717) is 22.8 Å². The predicted molar refractivity (Wildman–Crippen MR) is 108 cm³/mol. The molecule has 1 aliphatic heterocycles. The average molecular weight is 412 g/mol. The Bertz CT molecular complexity index is 1230. The summed E-state index contributed by atoms with van der Waals surface area (Å²) >= 11 is 0. The van der Waals surface area contributed by atoms with Crippen molar-refractivity contribution in [2.24, 2.45) is 0 Å². The lowest BCUT2D eigenvalue weighted by atomic mass is 9.95. The summed E-state index contributed by atoms with van der Waals surface area (Å²) in [6, 6.07) is 3.48. The molecule has 9 heteroatoms. The molecule has 0 spiro atoms. The fourth-order valence-electron chi connectivity index (χ4n) is 4.11. The van der Waals surface area contributed by atoms with Gasteiger partial charge in [-0.15, -0.1) is 0 Å². The van der Waals surface area contributed by atoms with Gasteiger partial charge in [0.2, 0.25) is 0 Å². The van der Waals surface area contributed by atoms with Gasteiger partial charge in [0.15, 0.2) is 17.0 Å². The van der Waals surface area contributed by atoms with Gasteiger partial charge in [-0.1, -0.05) is 0 Å². The smallest absolute Gasteiger partial charge is 0.387 e. The highest BCUT2D eigenvalue weighted by Crippen LogP contribution is 2.32. The lowest BCUT2D eigenvalue weighted by Gasteiger charge is -2.20. The van der Waals surface area contributed by atoms with E-state index >= 15 is 0 Å². The number of piperidine rings is 1. The summed E-state index contributed by atoms with van der Waals surface area (Å²) in [5.74, 6) is 0.351. The predicted octanol–water partition coefficient (Wildman–Crippen LogP) is 3.73. The molecule has 1 fully saturated rings. The molecule has 1 N–H and O–H groups in total. The fraction of sp³-hybridized carbons (Fsp3) is 0.381. The van der Waals surface area contributed by atoms with E-state index in [1.807, 2.05) is 38.5 Å². The van der Waals surface area contributed by atoms with E-state index in [4.69, 9.17) is 4.74 Å².